The molecular weight excluding hydrogens is 319 g/mol. The Morgan fingerprint density at radius 2 is 1.80 bits per heavy atom. The van der Waals surface area contributed by atoms with Gasteiger partial charge in [-0.15, -0.1) is 0 Å². The number of hydrogen-bond donors (Lipinski definition) is 2. The van der Waals surface area contributed by atoms with E-state index in [2.05, 4.69) is 4.98 Å². The lowest BCUT2D eigenvalue weighted by atomic mass is 10.0. The Labute approximate surface area is 143 Å². The standard InChI is InChI=1S/C20H15FN2O2/c1-25-19-10-17-14(12-4-2-3-5-13(12)19)9-18(23-17)20(24)11-6-7-16(22)15(21)8-11/h2-10,23H,22H2,1H3. The molecule has 0 saturated carbocycles. The highest BCUT2D eigenvalue weighted by Gasteiger charge is 2.16. The number of rotatable bonds is 3. The van der Waals surface area contributed by atoms with Gasteiger partial charge in [-0.05, 0) is 29.7 Å². The van der Waals surface area contributed by atoms with E-state index in [9.17, 15) is 9.18 Å². The number of hydrogen-bond acceptors (Lipinski definition) is 3. The zero-order valence-electron chi connectivity index (χ0n) is 13.5. The van der Waals surface area contributed by atoms with Gasteiger partial charge in [0, 0.05) is 22.4 Å². The minimum Gasteiger partial charge on any atom is -0.496 e. The summed E-state index contributed by atoms with van der Waals surface area (Å²) in [5, 5.41) is 2.86. The fourth-order valence-electron chi connectivity index (χ4n) is 3.06. The third kappa shape index (κ3) is 2.41. The van der Waals surface area contributed by atoms with E-state index in [1.54, 1.807) is 13.2 Å². The Bertz CT molecular complexity index is 1130. The summed E-state index contributed by atoms with van der Waals surface area (Å²) in [5.74, 6) is -0.172. The zero-order chi connectivity index (χ0) is 17.6. The van der Waals surface area contributed by atoms with Crippen LogP contribution in [0.15, 0.2) is 54.6 Å². The van der Waals surface area contributed by atoms with E-state index in [0.717, 1.165) is 33.5 Å². The zero-order valence-corrected chi connectivity index (χ0v) is 13.5. The Morgan fingerprint density at radius 1 is 1.04 bits per heavy atom. The summed E-state index contributed by atoms with van der Waals surface area (Å²) in [6.45, 7) is 0. The minimum absolute atomic E-state index is 0.0175. The van der Waals surface area contributed by atoms with Crippen molar-refractivity contribution >= 4 is 33.1 Å². The van der Waals surface area contributed by atoms with Crippen molar-refractivity contribution < 1.29 is 13.9 Å². The number of benzene rings is 3. The third-order valence-corrected chi connectivity index (χ3v) is 4.33. The molecule has 0 aliphatic rings. The topological polar surface area (TPSA) is 68.1 Å². The molecule has 124 valence electrons. The summed E-state index contributed by atoms with van der Waals surface area (Å²) in [5.41, 5.74) is 6.91. The van der Waals surface area contributed by atoms with Crippen molar-refractivity contribution in [2.75, 3.05) is 12.8 Å². The van der Waals surface area contributed by atoms with Crippen LogP contribution < -0.4 is 10.5 Å². The highest BCUT2D eigenvalue weighted by Crippen LogP contribution is 2.34. The van der Waals surface area contributed by atoms with Gasteiger partial charge >= 0.3 is 0 Å². The highest BCUT2D eigenvalue weighted by atomic mass is 19.1. The average Bonchev–Trinajstić information content (AvgIpc) is 3.07. The molecule has 1 aromatic heterocycles. The summed E-state index contributed by atoms with van der Waals surface area (Å²) in [7, 11) is 1.61. The number of fused-ring (bicyclic) bond motifs is 3. The number of ketones is 1. The van der Waals surface area contributed by atoms with Crippen molar-refractivity contribution in [1.29, 1.82) is 0 Å². The minimum atomic E-state index is -0.603. The Balaban J connectivity index is 1.90. The molecule has 4 rings (SSSR count). The van der Waals surface area contributed by atoms with E-state index in [1.165, 1.54) is 12.1 Å². The first-order valence-electron chi connectivity index (χ1n) is 7.76. The van der Waals surface area contributed by atoms with Crippen LogP contribution in [0.2, 0.25) is 0 Å². The number of aromatic amines is 1. The molecule has 0 saturated heterocycles. The van der Waals surface area contributed by atoms with Gasteiger partial charge in [-0.2, -0.15) is 0 Å². The van der Waals surface area contributed by atoms with E-state index in [4.69, 9.17) is 10.5 Å². The number of carbonyl (C=O) groups excluding carboxylic acids is 1. The van der Waals surface area contributed by atoms with Crippen LogP contribution in [0.4, 0.5) is 10.1 Å². The molecule has 0 radical (unpaired) electrons. The van der Waals surface area contributed by atoms with Gasteiger partial charge in [0.15, 0.2) is 0 Å². The van der Waals surface area contributed by atoms with Crippen LogP contribution in [0, 0.1) is 5.82 Å². The molecule has 4 nitrogen and oxygen atoms in total. The van der Waals surface area contributed by atoms with Gasteiger partial charge in [0.2, 0.25) is 5.78 Å². The lowest BCUT2D eigenvalue weighted by Crippen LogP contribution is -2.03. The van der Waals surface area contributed by atoms with Crippen LogP contribution >= 0.6 is 0 Å². The number of nitrogen functional groups attached to an aromatic ring is 1. The van der Waals surface area contributed by atoms with E-state index >= 15 is 0 Å². The van der Waals surface area contributed by atoms with Crippen LogP contribution in [0.1, 0.15) is 16.1 Å². The lowest BCUT2D eigenvalue weighted by Gasteiger charge is -2.06. The number of nitrogens with two attached hydrogens (primary N) is 1. The number of nitrogens with one attached hydrogen (secondary N) is 1. The van der Waals surface area contributed by atoms with Crippen molar-refractivity contribution in [3.8, 4) is 5.75 Å². The summed E-state index contributed by atoms with van der Waals surface area (Å²) in [4.78, 5) is 15.8. The quantitative estimate of drug-likeness (QED) is 0.434. The SMILES string of the molecule is COc1cc2[nH]c(C(=O)c3ccc(N)c(F)c3)cc2c2ccccc12. The molecule has 0 aliphatic heterocycles. The van der Waals surface area contributed by atoms with Gasteiger partial charge < -0.3 is 15.5 Å². The molecule has 0 amide bonds. The first kappa shape index (κ1) is 15.2. The van der Waals surface area contributed by atoms with Crippen LogP contribution in [0.3, 0.4) is 0 Å². The van der Waals surface area contributed by atoms with E-state index in [-0.39, 0.29) is 17.0 Å². The molecule has 3 aromatic carbocycles. The van der Waals surface area contributed by atoms with Crippen LogP contribution in [-0.4, -0.2) is 17.9 Å². The van der Waals surface area contributed by atoms with Crippen LogP contribution in [-0.2, 0) is 0 Å². The number of aromatic nitrogens is 1. The van der Waals surface area contributed by atoms with E-state index < -0.39 is 5.82 Å². The summed E-state index contributed by atoms with van der Waals surface area (Å²) in [6.07, 6.45) is 0. The predicted octanol–water partition coefficient (Wildman–Crippen LogP) is 4.28. The van der Waals surface area contributed by atoms with Crippen molar-refractivity contribution in [1.82, 2.24) is 4.98 Å². The fraction of sp³-hybridized carbons (Fsp3) is 0.0500. The van der Waals surface area contributed by atoms with Gasteiger partial charge in [0.1, 0.15) is 11.6 Å². The van der Waals surface area contributed by atoms with E-state index in [0.29, 0.717) is 5.69 Å². The van der Waals surface area contributed by atoms with Gasteiger partial charge in [0.25, 0.3) is 0 Å². The smallest absolute Gasteiger partial charge is 0.209 e. The maximum absolute atomic E-state index is 13.7. The van der Waals surface area contributed by atoms with Gasteiger partial charge in [-0.1, -0.05) is 24.3 Å². The number of carbonyl (C=O) groups is 1. The number of H-pyrrole nitrogens is 1. The van der Waals surface area contributed by atoms with Gasteiger partial charge in [0.05, 0.1) is 24.0 Å². The maximum atomic E-state index is 13.7. The van der Waals surface area contributed by atoms with Crippen LogP contribution in [0.25, 0.3) is 21.7 Å². The second-order valence-electron chi connectivity index (χ2n) is 5.83. The Hall–Kier alpha value is -3.34. The molecule has 3 N–H and O–H groups in total. The number of halogens is 1. The first-order valence-corrected chi connectivity index (χ1v) is 7.76. The second-order valence-corrected chi connectivity index (χ2v) is 5.83. The number of methoxy groups -OCH3 is 1. The number of ether oxygens (including phenoxy) is 1. The van der Waals surface area contributed by atoms with Gasteiger partial charge in [-0.3, -0.25) is 4.79 Å². The van der Waals surface area contributed by atoms with Crippen molar-refractivity contribution in [3.63, 3.8) is 0 Å². The molecule has 0 aliphatic carbocycles. The second kappa shape index (κ2) is 5.63. The summed E-state index contributed by atoms with van der Waals surface area (Å²) in [6, 6.07) is 15.5. The summed E-state index contributed by atoms with van der Waals surface area (Å²) >= 11 is 0. The molecule has 4 aromatic rings. The lowest BCUT2D eigenvalue weighted by molar-refractivity contribution is 0.103. The third-order valence-electron chi connectivity index (χ3n) is 4.33. The molecule has 0 atom stereocenters. The van der Waals surface area contributed by atoms with Crippen molar-refractivity contribution in [2.24, 2.45) is 0 Å². The molecule has 0 spiro atoms. The Morgan fingerprint density at radius 3 is 2.52 bits per heavy atom. The van der Waals surface area contributed by atoms with E-state index in [1.807, 2.05) is 30.3 Å². The van der Waals surface area contributed by atoms with Crippen molar-refractivity contribution in [3.05, 3.63) is 71.7 Å². The molecule has 0 bridgehead atoms. The monoisotopic (exact) mass is 334 g/mol. The summed E-state index contributed by atoms with van der Waals surface area (Å²) < 4.78 is 19.1. The normalized spacial score (nSPS) is 11.1. The maximum Gasteiger partial charge on any atom is 0.209 e. The Kier molecular flexibility index (Phi) is 3.42. The average molecular weight is 334 g/mol. The van der Waals surface area contributed by atoms with Crippen LogP contribution in [0.5, 0.6) is 5.75 Å². The molecule has 0 unspecified atom stereocenters. The molecule has 5 heteroatoms. The van der Waals surface area contributed by atoms with Gasteiger partial charge in [-0.25, -0.2) is 4.39 Å². The molecule has 0 fully saturated rings. The molecular formula is C20H15FN2O2. The highest BCUT2D eigenvalue weighted by molar-refractivity contribution is 6.15. The largest absolute Gasteiger partial charge is 0.496 e. The molecule has 25 heavy (non-hydrogen) atoms. The predicted molar refractivity (Wildman–Crippen MR) is 96.6 cm³/mol. The molecule has 1 heterocycles. The fourth-order valence-corrected chi connectivity index (χ4v) is 3.06. The van der Waals surface area contributed by atoms with Crippen molar-refractivity contribution in [2.45, 2.75) is 0 Å². The first-order chi connectivity index (χ1) is 12.1. The number of anilines is 1.